The van der Waals surface area contributed by atoms with Crippen molar-refractivity contribution in [3.05, 3.63) is 89.5 Å². The van der Waals surface area contributed by atoms with Crippen molar-refractivity contribution >= 4 is 17.4 Å². The van der Waals surface area contributed by atoms with Gasteiger partial charge in [-0.25, -0.2) is 0 Å². The molecule has 1 amide bonds. The summed E-state index contributed by atoms with van der Waals surface area (Å²) < 4.78 is 11.0. The number of ether oxygens (including phenoxy) is 2. The largest absolute Gasteiger partial charge is 0.497 e. The number of carbonyl (C=O) groups excluding carboxylic acids is 1. The summed E-state index contributed by atoms with van der Waals surface area (Å²) >= 11 is 0. The van der Waals surface area contributed by atoms with E-state index in [4.69, 9.17) is 20.6 Å². The molecule has 0 aromatic heterocycles. The molecule has 0 bridgehead atoms. The van der Waals surface area contributed by atoms with Crippen LogP contribution in [0.25, 0.3) is 0 Å². The molecular weight excluding hydrogens is 354 g/mol. The molecule has 3 aromatic carbocycles. The zero-order valence-corrected chi connectivity index (χ0v) is 15.4. The van der Waals surface area contributed by atoms with Gasteiger partial charge in [-0.3, -0.25) is 10.2 Å². The van der Waals surface area contributed by atoms with Crippen LogP contribution in [0.3, 0.4) is 0 Å². The number of amidine groups is 1. The second-order valence-electron chi connectivity index (χ2n) is 6.08. The van der Waals surface area contributed by atoms with E-state index in [1.807, 2.05) is 24.3 Å². The monoisotopic (exact) mass is 375 g/mol. The lowest BCUT2D eigenvalue weighted by molar-refractivity contribution is 0.102. The molecule has 0 fully saturated rings. The molecule has 0 radical (unpaired) electrons. The van der Waals surface area contributed by atoms with Gasteiger partial charge in [0.05, 0.1) is 12.8 Å². The molecule has 0 saturated carbocycles. The van der Waals surface area contributed by atoms with Crippen LogP contribution in [-0.2, 0) is 6.61 Å². The van der Waals surface area contributed by atoms with Crippen molar-refractivity contribution in [2.45, 2.75) is 6.61 Å². The van der Waals surface area contributed by atoms with E-state index in [0.29, 0.717) is 28.3 Å². The lowest BCUT2D eigenvalue weighted by atomic mass is 10.1. The maximum absolute atomic E-state index is 12.5. The first-order valence-corrected chi connectivity index (χ1v) is 8.67. The Hall–Kier alpha value is -3.80. The molecule has 0 heterocycles. The number of amides is 1. The second kappa shape index (κ2) is 8.73. The summed E-state index contributed by atoms with van der Waals surface area (Å²) in [5.41, 5.74) is 8.14. The quantitative estimate of drug-likeness (QED) is 0.432. The number of carbonyl (C=O) groups is 1. The summed E-state index contributed by atoms with van der Waals surface area (Å²) in [5, 5.41) is 10.4. The van der Waals surface area contributed by atoms with Crippen molar-refractivity contribution in [3.8, 4) is 11.5 Å². The summed E-state index contributed by atoms with van der Waals surface area (Å²) in [6.45, 7) is 0.288. The Labute approximate surface area is 163 Å². The SMILES string of the molecule is COc1ccc(C(=O)Nc2ccccc2OCc2cccc(C(=N)N)c2)cc1. The number of rotatable bonds is 7. The van der Waals surface area contributed by atoms with E-state index >= 15 is 0 Å². The van der Waals surface area contributed by atoms with E-state index in [1.165, 1.54) is 0 Å². The number of benzene rings is 3. The number of anilines is 1. The first kappa shape index (κ1) is 19.0. The van der Waals surface area contributed by atoms with Crippen molar-refractivity contribution in [2.75, 3.05) is 12.4 Å². The molecular formula is C22H21N3O3. The normalized spacial score (nSPS) is 10.2. The van der Waals surface area contributed by atoms with Gasteiger partial charge in [0.2, 0.25) is 0 Å². The van der Waals surface area contributed by atoms with E-state index in [9.17, 15) is 4.79 Å². The average Bonchev–Trinajstić information content (AvgIpc) is 2.73. The molecule has 3 rings (SSSR count). The molecule has 6 nitrogen and oxygen atoms in total. The van der Waals surface area contributed by atoms with Gasteiger partial charge in [-0.2, -0.15) is 0 Å². The van der Waals surface area contributed by atoms with E-state index in [2.05, 4.69) is 5.32 Å². The van der Waals surface area contributed by atoms with Crippen LogP contribution in [0.2, 0.25) is 0 Å². The van der Waals surface area contributed by atoms with Gasteiger partial charge in [0.15, 0.2) is 0 Å². The summed E-state index contributed by atoms with van der Waals surface area (Å²) in [4.78, 5) is 12.5. The molecule has 142 valence electrons. The third kappa shape index (κ3) is 4.67. The van der Waals surface area contributed by atoms with Crippen molar-refractivity contribution in [1.82, 2.24) is 0 Å². The van der Waals surface area contributed by atoms with Crippen molar-refractivity contribution in [2.24, 2.45) is 5.73 Å². The van der Waals surface area contributed by atoms with Gasteiger partial charge in [-0.05, 0) is 48.0 Å². The second-order valence-corrected chi connectivity index (χ2v) is 6.08. The van der Waals surface area contributed by atoms with E-state index in [-0.39, 0.29) is 18.3 Å². The number of hydrogen-bond acceptors (Lipinski definition) is 4. The fourth-order valence-electron chi connectivity index (χ4n) is 2.62. The molecule has 4 N–H and O–H groups in total. The standard InChI is InChI=1S/C22H21N3O3/c1-27-18-11-9-16(10-12-18)22(26)25-19-7-2-3-8-20(19)28-14-15-5-4-6-17(13-15)21(23)24/h2-13H,14H2,1H3,(H3,23,24)(H,25,26). The minimum absolute atomic E-state index is 0.00834. The lowest BCUT2D eigenvalue weighted by Gasteiger charge is -2.13. The fourth-order valence-corrected chi connectivity index (χ4v) is 2.62. The Kier molecular flexibility index (Phi) is 5.91. The van der Waals surface area contributed by atoms with E-state index < -0.39 is 0 Å². The van der Waals surface area contributed by atoms with Gasteiger partial charge in [-0.15, -0.1) is 0 Å². The zero-order chi connectivity index (χ0) is 19.9. The topological polar surface area (TPSA) is 97.4 Å². The Balaban J connectivity index is 1.71. The highest BCUT2D eigenvalue weighted by Crippen LogP contribution is 2.25. The summed E-state index contributed by atoms with van der Waals surface area (Å²) in [6, 6.07) is 21.4. The highest BCUT2D eigenvalue weighted by atomic mass is 16.5. The number of nitrogen functional groups attached to an aromatic ring is 1. The molecule has 0 spiro atoms. The summed E-state index contributed by atoms with van der Waals surface area (Å²) in [6.07, 6.45) is 0. The Morgan fingerprint density at radius 1 is 1.00 bits per heavy atom. The van der Waals surface area contributed by atoms with Crippen LogP contribution in [0.1, 0.15) is 21.5 Å². The van der Waals surface area contributed by atoms with E-state index in [1.54, 1.807) is 55.6 Å². The molecule has 0 atom stereocenters. The highest BCUT2D eigenvalue weighted by molar-refractivity contribution is 6.05. The zero-order valence-electron chi connectivity index (χ0n) is 15.4. The minimum atomic E-state index is -0.239. The Morgan fingerprint density at radius 3 is 2.46 bits per heavy atom. The number of nitrogens with two attached hydrogens (primary N) is 1. The Bertz CT molecular complexity index is 984. The maximum atomic E-state index is 12.5. The van der Waals surface area contributed by atoms with E-state index in [0.717, 1.165) is 5.56 Å². The third-order valence-electron chi connectivity index (χ3n) is 4.12. The molecule has 0 unspecified atom stereocenters. The molecule has 0 saturated heterocycles. The Morgan fingerprint density at radius 2 is 1.75 bits per heavy atom. The molecule has 0 aliphatic carbocycles. The maximum Gasteiger partial charge on any atom is 0.255 e. The van der Waals surface area contributed by atoms with Gasteiger partial charge in [0, 0.05) is 11.1 Å². The molecule has 3 aromatic rings. The molecule has 0 aliphatic rings. The first-order valence-electron chi connectivity index (χ1n) is 8.67. The molecule has 28 heavy (non-hydrogen) atoms. The van der Waals surface area contributed by atoms with Gasteiger partial charge in [0.25, 0.3) is 5.91 Å². The number of hydrogen-bond donors (Lipinski definition) is 3. The van der Waals surface area contributed by atoms with Crippen LogP contribution in [0.4, 0.5) is 5.69 Å². The van der Waals surface area contributed by atoms with Gasteiger partial charge < -0.3 is 20.5 Å². The predicted molar refractivity (Wildman–Crippen MR) is 109 cm³/mol. The molecule has 6 heteroatoms. The fraction of sp³-hybridized carbons (Fsp3) is 0.0909. The average molecular weight is 375 g/mol. The van der Waals surface area contributed by atoms with Gasteiger partial charge >= 0.3 is 0 Å². The number of nitrogens with one attached hydrogen (secondary N) is 2. The first-order chi connectivity index (χ1) is 13.6. The summed E-state index contributed by atoms with van der Waals surface area (Å²) in [5.74, 6) is 1.01. The molecule has 0 aliphatic heterocycles. The number of methoxy groups -OCH3 is 1. The van der Waals surface area contributed by atoms with Crippen LogP contribution in [-0.4, -0.2) is 18.9 Å². The van der Waals surface area contributed by atoms with Crippen molar-refractivity contribution in [1.29, 1.82) is 5.41 Å². The van der Waals surface area contributed by atoms with Crippen LogP contribution in [0.15, 0.2) is 72.8 Å². The minimum Gasteiger partial charge on any atom is -0.497 e. The van der Waals surface area contributed by atoms with Crippen molar-refractivity contribution in [3.63, 3.8) is 0 Å². The smallest absolute Gasteiger partial charge is 0.255 e. The van der Waals surface area contributed by atoms with Crippen molar-refractivity contribution < 1.29 is 14.3 Å². The highest BCUT2D eigenvalue weighted by Gasteiger charge is 2.10. The lowest BCUT2D eigenvalue weighted by Crippen LogP contribution is -2.13. The van der Waals surface area contributed by atoms with Crippen LogP contribution in [0, 0.1) is 5.41 Å². The van der Waals surface area contributed by atoms with Crippen LogP contribution >= 0.6 is 0 Å². The van der Waals surface area contributed by atoms with Crippen LogP contribution < -0.4 is 20.5 Å². The van der Waals surface area contributed by atoms with Gasteiger partial charge in [-0.1, -0.05) is 30.3 Å². The van der Waals surface area contributed by atoms with Crippen LogP contribution in [0.5, 0.6) is 11.5 Å². The van der Waals surface area contributed by atoms with Gasteiger partial charge in [0.1, 0.15) is 23.9 Å². The number of para-hydroxylation sites is 2. The third-order valence-corrected chi connectivity index (χ3v) is 4.12. The predicted octanol–water partition coefficient (Wildman–Crippen LogP) is 3.81. The summed E-state index contributed by atoms with van der Waals surface area (Å²) in [7, 11) is 1.58.